The fourth-order valence-corrected chi connectivity index (χ4v) is 0.771. The Kier molecular flexibility index (Phi) is 8.49. The molecule has 70 valence electrons. The second kappa shape index (κ2) is 6.82. The van der Waals surface area contributed by atoms with E-state index in [0.717, 1.165) is 6.42 Å². The highest BCUT2D eigenvalue weighted by molar-refractivity contribution is 4.13. The maximum Gasteiger partial charge on any atom is 0.178 e. The number of halogens is 1. The van der Waals surface area contributed by atoms with Gasteiger partial charge in [0.1, 0.15) is 21.3 Å². The molecular formula is C6H16ClNO3. The van der Waals surface area contributed by atoms with E-state index in [4.69, 9.17) is 14.5 Å². The van der Waals surface area contributed by atoms with E-state index in [0.29, 0.717) is 6.54 Å². The van der Waals surface area contributed by atoms with Crippen molar-refractivity contribution in [1.82, 2.24) is 0 Å². The first kappa shape index (κ1) is 13.7. The lowest BCUT2D eigenvalue weighted by Crippen LogP contribution is -3.00. The molecule has 0 saturated heterocycles. The van der Waals surface area contributed by atoms with Gasteiger partial charge in [-0.1, -0.05) is 6.92 Å². The maximum absolute atomic E-state index is 4.97. The quantitative estimate of drug-likeness (QED) is 0.363. The molecule has 0 aromatic carbocycles. The van der Waals surface area contributed by atoms with Crippen LogP contribution in [0.15, 0.2) is 0 Å². The van der Waals surface area contributed by atoms with E-state index in [2.05, 4.69) is 0 Å². The van der Waals surface area contributed by atoms with Crippen molar-refractivity contribution in [3.05, 3.63) is 0 Å². The van der Waals surface area contributed by atoms with E-state index in [-0.39, 0.29) is 17.4 Å². The minimum atomic E-state index is -0.198. The van der Waals surface area contributed by atoms with Gasteiger partial charge in [0.15, 0.2) is 6.54 Å². The molecule has 0 saturated carbocycles. The van der Waals surface area contributed by atoms with Gasteiger partial charge in [-0.25, -0.2) is 0 Å². The summed E-state index contributed by atoms with van der Waals surface area (Å²) in [4.78, 5) is 14.7. The zero-order valence-electron chi connectivity index (χ0n) is 7.46. The van der Waals surface area contributed by atoms with Crippen molar-refractivity contribution in [1.29, 1.82) is 0 Å². The monoisotopic (exact) mass is 185 g/mol. The molecule has 11 heavy (non-hydrogen) atoms. The summed E-state index contributed by atoms with van der Waals surface area (Å²) in [6, 6.07) is 0. The molecule has 0 heterocycles. The Morgan fingerprint density at radius 2 is 1.36 bits per heavy atom. The van der Waals surface area contributed by atoms with E-state index >= 15 is 0 Å². The normalized spacial score (nSPS) is 10.9. The molecule has 0 atom stereocenters. The van der Waals surface area contributed by atoms with Crippen LogP contribution in [0.4, 0.5) is 0 Å². The smallest absolute Gasteiger partial charge is 0.178 e. The van der Waals surface area contributed by atoms with Gasteiger partial charge in [0.25, 0.3) is 0 Å². The average molecular weight is 186 g/mol. The summed E-state index contributed by atoms with van der Waals surface area (Å²) >= 11 is 0. The van der Waals surface area contributed by atoms with Gasteiger partial charge in [-0.3, -0.25) is 0 Å². The molecule has 0 fully saturated rings. The fourth-order valence-electron chi connectivity index (χ4n) is 0.771. The van der Waals surface area contributed by atoms with Crippen molar-refractivity contribution in [2.24, 2.45) is 0 Å². The van der Waals surface area contributed by atoms with Crippen LogP contribution in [-0.2, 0) is 14.5 Å². The summed E-state index contributed by atoms with van der Waals surface area (Å²) in [6.45, 7) is 2.72. The third kappa shape index (κ3) is 3.88. The SMILES string of the molecule is CCC[N+](OC)(OC)OC.[Cl-]. The van der Waals surface area contributed by atoms with Crippen LogP contribution in [-0.4, -0.2) is 32.8 Å². The fraction of sp³-hybridized carbons (Fsp3) is 1.00. The van der Waals surface area contributed by atoms with Gasteiger partial charge in [-0.05, 0) is 0 Å². The molecule has 5 heteroatoms. The second-order valence-electron chi connectivity index (χ2n) is 1.88. The lowest BCUT2D eigenvalue weighted by Gasteiger charge is -2.24. The first-order valence-electron chi connectivity index (χ1n) is 3.30. The molecular weight excluding hydrogens is 170 g/mol. The molecule has 0 aromatic rings. The van der Waals surface area contributed by atoms with Crippen LogP contribution in [0.5, 0.6) is 0 Å². The van der Waals surface area contributed by atoms with Crippen LogP contribution >= 0.6 is 0 Å². The molecule has 0 aliphatic rings. The third-order valence-corrected chi connectivity index (χ3v) is 1.33. The lowest BCUT2D eigenvalue weighted by atomic mass is 10.5. The first-order chi connectivity index (χ1) is 4.74. The maximum atomic E-state index is 4.97. The van der Waals surface area contributed by atoms with Gasteiger partial charge < -0.3 is 12.4 Å². The lowest BCUT2D eigenvalue weighted by molar-refractivity contribution is -1.36. The molecule has 0 unspecified atom stereocenters. The summed E-state index contributed by atoms with van der Waals surface area (Å²) in [5, 5.41) is 0. The number of quaternary nitrogens is 1. The van der Waals surface area contributed by atoms with Gasteiger partial charge in [-0.2, -0.15) is 0 Å². The van der Waals surface area contributed by atoms with Crippen LogP contribution in [0, 0.1) is 0 Å². The molecule has 0 N–H and O–H groups in total. The average Bonchev–Trinajstić information content (AvgIpc) is 2.01. The molecule has 0 spiro atoms. The largest absolute Gasteiger partial charge is 1.00 e. The first-order valence-corrected chi connectivity index (χ1v) is 3.30. The number of rotatable bonds is 5. The van der Waals surface area contributed by atoms with Crippen molar-refractivity contribution in [3.8, 4) is 0 Å². The highest BCUT2D eigenvalue weighted by Gasteiger charge is 2.28. The van der Waals surface area contributed by atoms with E-state index in [1.807, 2.05) is 6.92 Å². The van der Waals surface area contributed by atoms with Crippen LogP contribution < -0.4 is 12.4 Å². The molecule has 0 aliphatic carbocycles. The predicted octanol–water partition coefficient (Wildman–Crippen LogP) is -2.10. The number of hydrogen-bond acceptors (Lipinski definition) is 3. The second-order valence-corrected chi connectivity index (χ2v) is 1.88. The van der Waals surface area contributed by atoms with Crippen molar-refractivity contribution < 1.29 is 31.9 Å². The van der Waals surface area contributed by atoms with Crippen molar-refractivity contribution >= 4 is 0 Å². The van der Waals surface area contributed by atoms with E-state index < -0.39 is 0 Å². The highest BCUT2D eigenvalue weighted by Crippen LogP contribution is 2.07. The topological polar surface area (TPSA) is 27.7 Å². The Morgan fingerprint density at radius 3 is 1.45 bits per heavy atom. The number of hydroxylamine groups is 3. The van der Waals surface area contributed by atoms with Gasteiger partial charge in [0.2, 0.25) is 0 Å². The van der Waals surface area contributed by atoms with Gasteiger partial charge in [0.05, 0.1) is 4.97 Å². The standard InChI is InChI=1S/C6H16NO3.ClH/c1-5-6-7(8-2,9-3)10-4;/h5-6H2,1-4H3;1H/q+1;/p-1. The third-order valence-electron chi connectivity index (χ3n) is 1.33. The summed E-state index contributed by atoms with van der Waals surface area (Å²) < 4.78 is 0. The van der Waals surface area contributed by atoms with Gasteiger partial charge >= 0.3 is 0 Å². The van der Waals surface area contributed by atoms with Gasteiger partial charge in [-0.15, -0.1) is 14.5 Å². The molecule has 0 radical (unpaired) electrons. The van der Waals surface area contributed by atoms with Crippen molar-refractivity contribution in [3.63, 3.8) is 0 Å². The van der Waals surface area contributed by atoms with Crippen LogP contribution in [0.2, 0.25) is 0 Å². The Bertz CT molecular complexity index is 79.6. The van der Waals surface area contributed by atoms with Crippen LogP contribution in [0.3, 0.4) is 0 Å². The zero-order chi connectivity index (χ0) is 8.04. The Labute approximate surface area is 73.9 Å². The van der Waals surface area contributed by atoms with Crippen LogP contribution in [0.1, 0.15) is 13.3 Å². The molecule has 0 aliphatic heterocycles. The van der Waals surface area contributed by atoms with E-state index in [1.165, 1.54) is 0 Å². The minimum absolute atomic E-state index is 0. The van der Waals surface area contributed by atoms with E-state index in [1.54, 1.807) is 21.3 Å². The predicted molar refractivity (Wildman–Crippen MR) is 36.4 cm³/mol. The number of hydrogen-bond donors (Lipinski definition) is 0. The molecule has 0 bridgehead atoms. The van der Waals surface area contributed by atoms with Crippen molar-refractivity contribution in [2.75, 3.05) is 27.9 Å². The highest BCUT2D eigenvalue weighted by atomic mass is 35.5. The molecule has 0 amide bonds. The summed E-state index contributed by atoms with van der Waals surface area (Å²) in [5.41, 5.74) is 0. The summed E-state index contributed by atoms with van der Waals surface area (Å²) in [6.07, 6.45) is 0.940. The molecule has 0 rings (SSSR count). The summed E-state index contributed by atoms with van der Waals surface area (Å²) in [5.74, 6) is 0. The molecule has 0 aromatic heterocycles. The zero-order valence-corrected chi connectivity index (χ0v) is 8.22. The van der Waals surface area contributed by atoms with E-state index in [9.17, 15) is 0 Å². The number of nitrogens with zero attached hydrogens (tertiary/aromatic N) is 1. The van der Waals surface area contributed by atoms with Crippen molar-refractivity contribution in [2.45, 2.75) is 13.3 Å². The Balaban J connectivity index is 0. The summed E-state index contributed by atoms with van der Waals surface area (Å²) in [7, 11) is 4.63. The van der Waals surface area contributed by atoms with Crippen LogP contribution in [0.25, 0.3) is 0 Å². The van der Waals surface area contributed by atoms with Gasteiger partial charge in [0, 0.05) is 6.42 Å². The molecule has 4 nitrogen and oxygen atoms in total. The minimum Gasteiger partial charge on any atom is -1.00 e. The Hall–Kier alpha value is 0.130. The Morgan fingerprint density at radius 1 is 1.00 bits per heavy atom.